The molecule has 0 N–H and O–H groups in total. The number of carbonyl (C=O) groups excluding carboxylic acids is 1. The van der Waals surface area contributed by atoms with Gasteiger partial charge < -0.3 is 4.84 Å². The summed E-state index contributed by atoms with van der Waals surface area (Å²) in [5, 5.41) is 5.41. The van der Waals surface area contributed by atoms with Crippen LogP contribution in [0.3, 0.4) is 0 Å². The van der Waals surface area contributed by atoms with Crippen molar-refractivity contribution in [3.05, 3.63) is 67.7 Å². The van der Waals surface area contributed by atoms with E-state index >= 15 is 0 Å². The minimum atomic E-state index is -0.683. The summed E-state index contributed by atoms with van der Waals surface area (Å²) in [5.74, 6) is 2.93. The van der Waals surface area contributed by atoms with Crippen LogP contribution in [0.4, 0.5) is 0 Å². The van der Waals surface area contributed by atoms with Crippen LogP contribution >= 0.6 is 46.6 Å². The molecule has 1 saturated heterocycles. The molecular formula is C22H20Cl3NO2S. The topological polar surface area (TPSA) is 38.7 Å². The quantitative estimate of drug-likeness (QED) is 0.353. The van der Waals surface area contributed by atoms with Gasteiger partial charge in [0.15, 0.2) is 11.4 Å². The minimum absolute atomic E-state index is 0.222. The van der Waals surface area contributed by atoms with Gasteiger partial charge in [0.25, 0.3) is 0 Å². The zero-order valence-electron chi connectivity index (χ0n) is 16.1. The van der Waals surface area contributed by atoms with Crippen LogP contribution in [-0.2, 0) is 10.4 Å². The summed E-state index contributed by atoms with van der Waals surface area (Å²) < 4.78 is 0. The molecule has 2 heterocycles. The first kappa shape index (κ1) is 21.0. The van der Waals surface area contributed by atoms with Crippen LogP contribution in [0, 0.1) is 12.8 Å². The van der Waals surface area contributed by atoms with Crippen molar-refractivity contribution in [1.29, 1.82) is 0 Å². The van der Waals surface area contributed by atoms with E-state index in [9.17, 15) is 4.79 Å². The maximum atomic E-state index is 12.6. The second-order valence-electron chi connectivity index (χ2n) is 7.85. The Hall–Kier alpha value is -1.20. The maximum Gasteiger partial charge on any atom is 0.165 e. The van der Waals surface area contributed by atoms with Gasteiger partial charge in [-0.05, 0) is 60.6 Å². The molecule has 152 valence electrons. The number of ketones is 1. The first-order chi connectivity index (χ1) is 13.8. The molecule has 1 atom stereocenters. The number of hydrogen-bond acceptors (Lipinski definition) is 4. The highest BCUT2D eigenvalue weighted by Crippen LogP contribution is 2.41. The minimum Gasteiger partial charge on any atom is -0.384 e. The fourth-order valence-electron chi connectivity index (χ4n) is 3.64. The molecule has 2 aromatic carbocycles. The Bertz CT molecular complexity index is 996. The third-order valence-electron chi connectivity index (χ3n) is 5.50. The maximum absolute atomic E-state index is 12.6. The smallest absolute Gasteiger partial charge is 0.165 e. The van der Waals surface area contributed by atoms with Gasteiger partial charge >= 0.3 is 0 Å². The number of benzene rings is 2. The van der Waals surface area contributed by atoms with Crippen LogP contribution in [0.15, 0.2) is 35.5 Å². The first-order valence-corrected chi connectivity index (χ1v) is 11.7. The van der Waals surface area contributed by atoms with Gasteiger partial charge in [0.1, 0.15) is 0 Å². The number of carbonyl (C=O) groups is 1. The molecule has 0 bridgehead atoms. The normalized spacial score (nSPS) is 21.5. The van der Waals surface area contributed by atoms with Crippen molar-refractivity contribution in [2.75, 3.05) is 11.5 Å². The highest BCUT2D eigenvalue weighted by atomic mass is 35.5. The molecule has 0 saturated carbocycles. The van der Waals surface area contributed by atoms with E-state index in [2.05, 4.69) is 5.16 Å². The Morgan fingerprint density at radius 3 is 2.48 bits per heavy atom. The van der Waals surface area contributed by atoms with Gasteiger partial charge in [0.05, 0.1) is 20.8 Å². The summed E-state index contributed by atoms with van der Waals surface area (Å²) in [7, 11) is 0. The number of thioether (sulfide) groups is 1. The Morgan fingerprint density at radius 1 is 1.21 bits per heavy atom. The van der Waals surface area contributed by atoms with Crippen molar-refractivity contribution < 1.29 is 9.63 Å². The lowest BCUT2D eigenvalue weighted by molar-refractivity contribution is -0.00737. The lowest BCUT2D eigenvalue weighted by Gasteiger charge is -2.24. The van der Waals surface area contributed by atoms with E-state index in [1.807, 2.05) is 43.8 Å². The van der Waals surface area contributed by atoms with Crippen LogP contribution in [0.5, 0.6) is 0 Å². The molecule has 2 aromatic rings. The van der Waals surface area contributed by atoms with Crippen molar-refractivity contribution in [3.63, 3.8) is 0 Å². The van der Waals surface area contributed by atoms with Crippen LogP contribution in [0.2, 0.25) is 15.1 Å². The van der Waals surface area contributed by atoms with Gasteiger partial charge in [-0.1, -0.05) is 52.1 Å². The summed E-state index contributed by atoms with van der Waals surface area (Å²) in [4.78, 5) is 18.4. The average Bonchev–Trinajstić information content (AvgIpc) is 3.05. The zero-order valence-corrected chi connectivity index (χ0v) is 19.2. The third-order valence-corrected chi connectivity index (χ3v) is 8.11. The lowest BCUT2D eigenvalue weighted by atomic mass is 9.88. The van der Waals surface area contributed by atoms with Gasteiger partial charge in [-0.2, -0.15) is 11.8 Å². The van der Waals surface area contributed by atoms with Crippen LogP contribution in [0.25, 0.3) is 0 Å². The third kappa shape index (κ3) is 4.18. The number of hydrogen-bond donors (Lipinski definition) is 0. The fourth-order valence-corrected chi connectivity index (χ4v) is 5.04. The van der Waals surface area contributed by atoms with Gasteiger partial charge in [-0.25, -0.2) is 0 Å². The lowest BCUT2D eigenvalue weighted by Crippen LogP contribution is -2.22. The molecule has 0 aromatic heterocycles. The van der Waals surface area contributed by atoms with Crippen LogP contribution in [-0.4, -0.2) is 23.0 Å². The molecule has 2 aliphatic heterocycles. The predicted molar refractivity (Wildman–Crippen MR) is 122 cm³/mol. The Labute approximate surface area is 189 Å². The van der Waals surface area contributed by atoms with Gasteiger partial charge in [-0.15, -0.1) is 0 Å². The predicted octanol–water partition coefficient (Wildman–Crippen LogP) is 6.93. The Kier molecular flexibility index (Phi) is 5.91. The molecule has 0 aliphatic carbocycles. The highest BCUT2D eigenvalue weighted by molar-refractivity contribution is 8.00. The van der Waals surface area contributed by atoms with Crippen LogP contribution < -0.4 is 0 Å². The zero-order chi connectivity index (χ0) is 20.8. The molecule has 3 nitrogen and oxygen atoms in total. The molecular weight excluding hydrogens is 449 g/mol. The second-order valence-corrected chi connectivity index (χ2v) is 10.1. The SMILES string of the molecule is Cc1cc(C2=NO[C@](C)(c3cc(Cl)c(Cl)c(Cl)c3)C2)ccc1C(=O)CC1CSC1. The summed E-state index contributed by atoms with van der Waals surface area (Å²) in [6.07, 6.45) is 1.20. The van der Waals surface area contributed by atoms with E-state index in [-0.39, 0.29) is 5.78 Å². The number of halogens is 3. The van der Waals surface area contributed by atoms with Gasteiger partial charge in [0, 0.05) is 24.0 Å². The summed E-state index contributed by atoms with van der Waals surface area (Å²) >= 11 is 20.3. The monoisotopic (exact) mass is 467 g/mol. The second kappa shape index (κ2) is 8.14. The van der Waals surface area contributed by atoms with E-state index in [0.29, 0.717) is 33.8 Å². The van der Waals surface area contributed by atoms with Crippen molar-refractivity contribution in [1.82, 2.24) is 0 Å². The average molecular weight is 469 g/mol. The van der Waals surface area contributed by atoms with E-state index in [1.165, 1.54) is 0 Å². The molecule has 7 heteroatoms. The highest BCUT2D eigenvalue weighted by Gasteiger charge is 2.37. The molecule has 0 amide bonds. The number of oxime groups is 1. The molecule has 0 spiro atoms. The fraction of sp³-hybridized carbons (Fsp3) is 0.364. The van der Waals surface area contributed by atoms with Gasteiger partial charge in [-0.3, -0.25) is 4.79 Å². The molecule has 1 fully saturated rings. The van der Waals surface area contributed by atoms with Crippen LogP contribution in [0.1, 0.15) is 46.8 Å². The van der Waals surface area contributed by atoms with E-state index in [4.69, 9.17) is 39.6 Å². The summed E-state index contributed by atoms with van der Waals surface area (Å²) in [6, 6.07) is 9.40. The van der Waals surface area contributed by atoms with Crippen molar-refractivity contribution in [2.45, 2.75) is 32.3 Å². The molecule has 0 unspecified atom stereocenters. The van der Waals surface area contributed by atoms with Crippen molar-refractivity contribution in [3.8, 4) is 0 Å². The van der Waals surface area contributed by atoms with E-state index < -0.39 is 5.60 Å². The number of aryl methyl sites for hydroxylation is 1. The molecule has 4 rings (SSSR count). The Balaban J connectivity index is 1.52. The van der Waals surface area contributed by atoms with E-state index in [0.717, 1.165) is 39.5 Å². The largest absolute Gasteiger partial charge is 0.384 e. The molecule has 29 heavy (non-hydrogen) atoms. The first-order valence-electron chi connectivity index (χ1n) is 9.39. The van der Waals surface area contributed by atoms with Gasteiger partial charge in [0.2, 0.25) is 0 Å². The van der Waals surface area contributed by atoms with Crippen molar-refractivity contribution in [2.24, 2.45) is 11.1 Å². The summed E-state index contributed by atoms with van der Waals surface area (Å²) in [5.41, 5.74) is 3.67. The summed E-state index contributed by atoms with van der Waals surface area (Å²) in [6.45, 7) is 3.92. The molecule has 0 radical (unpaired) electrons. The number of nitrogens with zero attached hydrogens (tertiary/aromatic N) is 1. The molecule has 2 aliphatic rings. The number of rotatable bonds is 5. The standard InChI is InChI=1S/C22H20Cl3NO2S/c1-12-5-14(3-4-16(12)20(27)6-13-10-29-11-13)19-9-22(2,28-26-19)15-7-17(23)21(25)18(24)8-15/h3-5,7-8,13H,6,9-11H2,1-2H3/t22-/m0/s1. The Morgan fingerprint density at radius 2 is 1.90 bits per heavy atom. The van der Waals surface area contributed by atoms with Crippen molar-refractivity contribution >= 4 is 58.1 Å². The van der Waals surface area contributed by atoms with E-state index in [1.54, 1.807) is 12.1 Å². The number of Topliss-reactive ketones (excluding diaryl/α,β-unsaturated/α-hetero) is 1.